The van der Waals surface area contributed by atoms with Gasteiger partial charge >= 0.3 is 0 Å². The van der Waals surface area contributed by atoms with Crippen LogP contribution in [0.5, 0.6) is 0 Å². The second kappa shape index (κ2) is 8.53. The quantitative estimate of drug-likeness (QED) is 0.650. The summed E-state index contributed by atoms with van der Waals surface area (Å²) in [5.74, 6) is 0.289. The molecule has 0 unspecified atom stereocenters. The normalized spacial score (nSPS) is 19.7. The first-order valence-electron chi connectivity index (χ1n) is 9.94. The van der Waals surface area contributed by atoms with Gasteiger partial charge < -0.3 is 10.4 Å². The molecule has 0 aromatic heterocycles. The number of Topliss-reactive ketones (excluding diaryl/α,β-unsaturated/α-hetero) is 1. The van der Waals surface area contributed by atoms with Gasteiger partial charge in [-0.15, -0.1) is 0 Å². The van der Waals surface area contributed by atoms with Crippen LogP contribution in [0.3, 0.4) is 0 Å². The number of benzene rings is 1. The highest BCUT2D eigenvalue weighted by molar-refractivity contribution is 6.93. The molecular formula is C22H35NO2Si. The molecule has 2 atom stereocenters. The average molecular weight is 374 g/mol. The summed E-state index contributed by atoms with van der Waals surface area (Å²) in [6.45, 7) is 13.7. The van der Waals surface area contributed by atoms with Crippen molar-refractivity contribution in [2.75, 3.05) is 0 Å². The molecule has 0 bridgehead atoms. The second-order valence-corrected chi connectivity index (χ2v) is 14.5. The van der Waals surface area contributed by atoms with Gasteiger partial charge in [-0.3, -0.25) is 4.79 Å². The van der Waals surface area contributed by atoms with E-state index in [1.807, 2.05) is 36.5 Å². The molecule has 0 saturated carbocycles. The van der Waals surface area contributed by atoms with E-state index in [1.54, 1.807) is 0 Å². The molecule has 0 spiro atoms. The zero-order chi connectivity index (χ0) is 19.5. The third-order valence-electron chi connectivity index (χ3n) is 6.22. The van der Waals surface area contributed by atoms with Gasteiger partial charge in [0.1, 0.15) is 8.07 Å². The minimum absolute atomic E-state index is 0.000331. The van der Waals surface area contributed by atoms with Crippen LogP contribution >= 0.6 is 0 Å². The Bertz CT molecular complexity index is 615. The van der Waals surface area contributed by atoms with Gasteiger partial charge in [0, 0.05) is 12.5 Å². The fourth-order valence-electron chi connectivity index (χ4n) is 5.21. The summed E-state index contributed by atoms with van der Waals surface area (Å²) in [5.41, 5.74) is 2.47. The lowest BCUT2D eigenvalue weighted by atomic mass is 9.97. The number of carbonyl (C=O) groups is 1. The number of aliphatic hydroxyl groups is 1. The Kier molecular flexibility index (Phi) is 6.86. The molecule has 1 aliphatic heterocycles. The van der Waals surface area contributed by atoms with Gasteiger partial charge in [0.05, 0.1) is 6.10 Å². The smallest absolute Gasteiger partial charge is 0.158 e. The Morgan fingerprint density at radius 1 is 1.04 bits per heavy atom. The third-order valence-corrected chi connectivity index (χ3v) is 13.3. The number of rotatable bonds is 7. The fourth-order valence-corrected chi connectivity index (χ4v) is 12.0. The first-order valence-corrected chi connectivity index (χ1v) is 12.2. The zero-order valence-corrected chi connectivity index (χ0v) is 18.1. The average Bonchev–Trinajstić information content (AvgIpc) is 2.57. The van der Waals surface area contributed by atoms with E-state index >= 15 is 0 Å². The predicted molar refractivity (Wildman–Crippen MR) is 112 cm³/mol. The Morgan fingerprint density at radius 3 is 2.04 bits per heavy atom. The van der Waals surface area contributed by atoms with Gasteiger partial charge in [0.15, 0.2) is 5.78 Å². The fraction of sp³-hybridized carbons (Fsp3) is 0.591. The van der Waals surface area contributed by atoms with Crippen molar-refractivity contribution in [1.82, 2.24) is 5.32 Å². The van der Waals surface area contributed by atoms with E-state index in [9.17, 15) is 9.90 Å². The number of hydrogen-bond donors (Lipinski definition) is 2. The van der Waals surface area contributed by atoms with E-state index in [0.717, 1.165) is 10.8 Å². The van der Waals surface area contributed by atoms with Crippen LogP contribution in [0.25, 0.3) is 0 Å². The Balaban J connectivity index is 2.21. The van der Waals surface area contributed by atoms with Crippen molar-refractivity contribution >= 4 is 13.9 Å². The van der Waals surface area contributed by atoms with Crippen LogP contribution in [0.1, 0.15) is 66.1 Å². The van der Waals surface area contributed by atoms with Gasteiger partial charge in [-0.2, -0.15) is 0 Å². The lowest BCUT2D eigenvalue weighted by Gasteiger charge is -2.46. The standard InChI is InChI=1S/C22H35NO2Si/c1-15(2)26(16(3)4,17(5)6)22-14-23-19(13-21(22)25)12-20(24)18-10-8-7-9-11-18/h7-11,14-17,19-20,23-24H,12-13H2,1-6H3/t19-,20+/m1/s1. The highest BCUT2D eigenvalue weighted by Gasteiger charge is 2.49. The Hall–Kier alpha value is -1.39. The summed E-state index contributed by atoms with van der Waals surface area (Å²) in [7, 11) is -1.94. The molecular weight excluding hydrogens is 338 g/mol. The van der Waals surface area contributed by atoms with Gasteiger partial charge in [-0.05, 0) is 40.0 Å². The summed E-state index contributed by atoms with van der Waals surface area (Å²) in [4.78, 5) is 13.1. The van der Waals surface area contributed by atoms with Crippen LogP contribution in [0, 0.1) is 0 Å². The maximum atomic E-state index is 13.1. The van der Waals surface area contributed by atoms with E-state index in [-0.39, 0.29) is 11.8 Å². The summed E-state index contributed by atoms with van der Waals surface area (Å²) < 4.78 is 0. The number of aliphatic hydroxyl groups excluding tert-OH is 1. The summed E-state index contributed by atoms with van der Waals surface area (Å²) >= 11 is 0. The lowest BCUT2D eigenvalue weighted by molar-refractivity contribution is -0.116. The molecule has 26 heavy (non-hydrogen) atoms. The summed E-state index contributed by atoms with van der Waals surface area (Å²) in [6, 6.07) is 9.69. The van der Waals surface area contributed by atoms with Gasteiger partial charge in [-0.25, -0.2) is 0 Å². The highest BCUT2D eigenvalue weighted by Crippen LogP contribution is 2.47. The van der Waals surface area contributed by atoms with E-state index in [4.69, 9.17) is 0 Å². The van der Waals surface area contributed by atoms with Gasteiger partial charge in [-0.1, -0.05) is 71.9 Å². The molecule has 0 radical (unpaired) electrons. The highest BCUT2D eigenvalue weighted by atomic mass is 28.3. The van der Waals surface area contributed by atoms with Crippen molar-refractivity contribution in [3.63, 3.8) is 0 Å². The van der Waals surface area contributed by atoms with E-state index < -0.39 is 14.2 Å². The van der Waals surface area contributed by atoms with Crippen LogP contribution in [0.4, 0.5) is 0 Å². The number of allylic oxidation sites excluding steroid dienone is 1. The van der Waals surface area contributed by atoms with E-state index in [1.165, 1.54) is 0 Å². The third kappa shape index (κ3) is 3.96. The molecule has 144 valence electrons. The molecule has 4 heteroatoms. The molecule has 2 N–H and O–H groups in total. The van der Waals surface area contributed by atoms with Crippen molar-refractivity contribution in [2.45, 2.75) is 83.2 Å². The number of carbonyl (C=O) groups excluding carboxylic acids is 1. The van der Waals surface area contributed by atoms with E-state index in [2.05, 4.69) is 46.9 Å². The van der Waals surface area contributed by atoms with Crippen molar-refractivity contribution < 1.29 is 9.90 Å². The molecule has 1 aliphatic rings. The van der Waals surface area contributed by atoms with Crippen molar-refractivity contribution in [1.29, 1.82) is 0 Å². The number of ketones is 1. The minimum atomic E-state index is -1.94. The monoisotopic (exact) mass is 373 g/mol. The first kappa shape index (κ1) is 20.9. The molecule has 0 fully saturated rings. The maximum absolute atomic E-state index is 13.1. The minimum Gasteiger partial charge on any atom is -0.388 e. The largest absolute Gasteiger partial charge is 0.388 e. The van der Waals surface area contributed by atoms with Crippen molar-refractivity contribution in [3.8, 4) is 0 Å². The zero-order valence-electron chi connectivity index (χ0n) is 17.1. The Labute approximate surface area is 159 Å². The molecule has 0 aliphatic carbocycles. The molecule has 1 heterocycles. The number of hydrogen-bond acceptors (Lipinski definition) is 3. The SMILES string of the molecule is CC(C)[Si](C1=CN[C@H](C[C@H](O)c2ccccc2)CC1=O)(C(C)C)C(C)C. The Morgan fingerprint density at radius 2 is 1.58 bits per heavy atom. The summed E-state index contributed by atoms with van der Waals surface area (Å²) in [6.07, 6.45) is 2.51. The van der Waals surface area contributed by atoms with Gasteiger partial charge in [0.25, 0.3) is 0 Å². The molecule has 2 rings (SSSR count). The lowest BCUT2D eigenvalue weighted by Crippen LogP contribution is -2.52. The molecule has 3 nitrogen and oxygen atoms in total. The van der Waals surface area contributed by atoms with Crippen molar-refractivity contribution in [3.05, 3.63) is 47.3 Å². The van der Waals surface area contributed by atoms with E-state index in [0.29, 0.717) is 29.5 Å². The van der Waals surface area contributed by atoms with Crippen LogP contribution in [-0.2, 0) is 4.79 Å². The molecule has 1 aromatic carbocycles. The topological polar surface area (TPSA) is 49.3 Å². The first-order chi connectivity index (χ1) is 12.2. The maximum Gasteiger partial charge on any atom is 0.158 e. The molecule has 0 amide bonds. The van der Waals surface area contributed by atoms with Crippen LogP contribution in [-0.4, -0.2) is 25.0 Å². The number of nitrogens with one attached hydrogen (secondary N) is 1. The summed E-state index contributed by atoms with van der Waals surface area (Å²) in [5, 5.41) is 15.0. The predicted octanol–water partition coefficient (Wildman–Crippen LogP) is 5.14. The second-order valence-electron chi connectivity index (χ2n) is 8.61. The van der Waals surface area contributed by atoms with Crippen molar-refractivity contribution in [2.24, 2.45) is 0 Å². The van der Waals surface area contributed by atoms with Crippen LogP contribution < -0.4 is 5.32 Å². The molecule has 1 aromatic rings. The molecule has 0 saturated heterocycles. The van der Waals surface area contributed by atoms with Crippen LogP contribution in [0.15, 0.2) is 41.7 Å². The van der Waals surface area contributed by atoms with Gasteiger partial charge in [0.2, 0.25) is 0 Å². The van der Waals surface area contributed by atoms with Crippen LogP contribution in [0.2, 0.25) is 16.6 Å².